The molecule has 0 spiro atoms. The first-order valence-corrected chi connectivity index (χ1v) is 7.54. The van der Waals surface area contributed by atoms with Gasteiger partial charge >= 0.3 is 0 Å². The van der Waals surface area contributed by atoms with Crippen molar-refractivity contribution in [3.05, 3.63) is 47.0 Å². The number of hydrogen-bond donors (Lipinski definition) is 0. The van der Waals surface area contributed by atoms with Gasteiger partial charge in [0, 0.05) is 5.56 Å². The predicted octanol–water partition coefficient (Wildman–Crippen LogP) is 4.70. The number of carbonyl (C=O) groups excluding carboxylic acids is 1. The molecule has 0 aliphatic heterocycles. The summed E-state index contributed by atoms with van der Waals surface area (Å²) >= 11 is 0. The van der Waals surface area contributed by atoms with Crippen molar-refractivity contribution < 1.29 is 19.0 Å². The van der Waals surface area contributed by atoms with Crippen molar-refractivity contribution in [2.45, 2.75) is 33.8 Å². The van der Waals surface area contributed by atoms with Gasteiger partial charge < -0.3 is 14.2 Å². The third-order valence-corrected chi connectivity index (χ3v) is 3.37. The second-order valence-electron chi connectivity index (χ2n) is 5.66. The molecule has 0 aliphatic rings. The van der Waals surface area contributed by atoms with Crippen LogP contribution in [0.4, 0.5) is 0 Å². The maximum Gasteiger partial charge on any atom is 0.204 e. The Kier molecular flexibility index (Phi) is 5.27. The van der Waals surface area contributed by atoms with E-state index in [1.165, 1.54) is 0 Å². The van der Waals surface area contributed by atoms with Crippen LogP contribution in [-0.2, 0) is 0 Å². The predicted molar refractivity (Wildman–Crippen MR) is 90.1 cm³/mol. The van der Waals surface area contributed by atoms with E-state index in [0.29, 0.717) is 22.8 Å². The maximum atomic E-state index is 11.2. The van der Waals surface area contributed by atoms with E-state index in [-0.39, 0.29) is 6.10 Å². The highest BCUT2D eigenvalue weighted by molar-refractivity contribution is 5.78. The lowest BCUT2D eigenvalue weighted by molar-refractivity contribution is 0.112. The lowest BCUT2D eigenvalue weighted by Gasteiger charge is -2.19. The van der Waals surface area contributed by atoms with Crippen LogP contribution in [0.2, 0.25) is 0 Å². The fourth-order valence-electron chi connectivity index (χ4n) is 2.31. The van der Waals surface area contributed by atoms with E-state index >= 15 is 0 Å². The highest BCUT2D eigenvalue weighted by atomic mass is 16.5. The molecule has 2 aromatic carbocycles. The van der Waals surface area contributed by atoms with Crippen LogP contribution >= 0.6 is 0 Å². The van der Waals surface area contributed by atoms with Crippen molar-refractivity contribution in [2.24, 2.45) is 0 Å². The number of ether oxygens (including phenoxy) is 3. The molecule has 0 saturated heterocycles. The van der Waals surface area contributed by atoms with E-state index < -0.39 is 0 Å². The lowest BCUT2D eigenvalue weighted by atomic mass is 10.1. The number of methoxy groups -OCH3 is 1. The van der Waals surface area contributed by atoms with E-state index in [0.717, 1.165) is 23.2 Å². The first kappa shape index (κ1) is 16.9. The Bertz CT molecular complexity index is 685. The molecule has 23 heavy (non-hydrogen) atoms. The summed E-state index contributed by atoms with van der Waals surface area (Å²) in [5.41, 5.74) is 2.49. The molecule has 0 atom stereocenters. The Morgan fingerprint density at radius 1 is 1.00 bits per heavy atom. The number of carbonyl (C=O) groups is 1. The smallest absolute Gasteiger partial charge is 0.204 e. The average Bonchev–Trinajstić information content (AvgIpc) is 2.51. The molecule has 0 amide bonds. The second-order valence-corrected chi connectivity index (χ2v) is 5.66. The Morgan fingerprint density at radius 2 is 1.61 bits per heavy atom. The van der Waals surface area contributed by atoms with Gasteiger partial charge in [-0.05, 0) is 51.0 Å². The largest absolute Gasteiger partial charge is 0.493 e. The molecule has 0 unspecified atom stereocenters. The molecule has 0 N–H and O–H groups in total. The zero-order valence-corrected chi connectivity index (χ0v) is 14.2. The minimum Gasteiger partial charge on any atom is -0.493 e. The zero-order valence-electron chi connectivity index (χ0n) is 14.2. The van der Waals surface area contributed by atoms with Crippen LogP contribution < -0.4 is 14.2 Å². The molecule has 0 fully saturated rings. The first-order chi connectivity index (χ1) is 11.0. The molecule has 2 rings (SSSR count). The van der Waals surface area contributed by atoms with Gasteiger partial charge in [-0.2, -0.15) is 0 Å². The van der Waals surface area contributed by atoms with Gasteiger partial charge in [-0.25, -0.2) is 0 Å². The zero-order chi connectivity index (χ0) is 17.0. The number of rotatable bonds is 6. The van der Waals surface area contributed by atoms with Gasteiger partial charge in [-0.15, -0.1) is 0 Å². The minimum atomic E-state index is -0.0497. The van der Waals surface area contributed by atoms with Gasteiger partial charge in [0.25, 0.3) is 0 Å². The fraction of sp³-hybridized carbons (Fsp3) is 0.316. The summed E-state index contributed by atoms with van der Waals surface area (Å²) in [6, 6.07) is 9.24. The average molecular weight is 314 g/mol. The van der Waals surface area contributed by atoms with Gasteiger partial charge in [0.15, 0.2) is 11.5 Å². The van der Waals surface area contributed by atoms with E-state index in [4.69, 9.17) is 14.2 Å². The number of benzene rings is 2. The lowest BCUT2D eigenvalue weighted by Crippen LogP contribution is -2.08. The van der Waals surface area contributed by atoms with E-state index in [9.17, 15) is 4.79 Å². The number of para-hydroxylation sites is 1. The Labute approximate surface area is 137 Å². The molecule has 0 aliphatic carbocycles. The summed E-state index contributed by atoms with van der Waals surface area (Å²) in [6.45, 7) is 7.81. The molecule has 122 valence electrons. The summed E-state index contributed by atoms with van der Waals surface area (Å²) in [5.74, 6) is 2.20. The van der Waals surface area contributed by atoms with Crippen molar-refractivity contribution in [2.75, 3.05) is 7.11 Å². The highest BCUT2D eigenvalue weighted by Crippen LogP contribution is 2.42. The standard InChI is InChI=1S/C19H22O4/c1-12(2)22-19-16(21-5)9-15(11-20)10-17(19)23-18-13(3)7-6-8-14(18)4/h6-12H,1-5H3. The molecule has 4 nitrogen and oxygen atoms in total. The highest BCUT2D eigenvalue weighted by Gasteiger charge is 2.18. The van der Waals surface area contributed by atoms with Gasteiger partial charge in [-0.1, -0.05) is 18.2 Å². The summed E-state index contributed by atoms with van der Waals surface area (Å²) in [6.07, 6.45) is 0.713. The first-order valence-electron chi connectivity index (χ1n) is 7.54. The molecule has 0 saturated carbocycles. The fourth-order valence-corrected chi connectivity index (χ4v) is 2.31. The van der Waals surface area contributed by atoms with Gasteiger partial charge in [0.2, 0.25) is 5.75 Å². The SMILES string of the molecule is COc1cc(C=O)cc(Oc2c(C)cccc2C)c1OC(C)C. The van der Waals surface area contributed by atoms with Crippen LogP contribution in [0.5, 0.6) is 23.0 Å². The van der Waals surface area contributed by atoms with Crippen molar-refractivity contribution in [3.8, 4) is 23.0 Å². The van der Waals surface area contributed by atoms with Crippen LogP contribution in [-0.4, -0.2) is 19.5 Å². The van der Waals surface area contributed by atoms with Gasteiger partial charge in [0.1, 0.15) is 12.0 Å². The summed E-state index contributed by atoms with van der Waals surface area (Å²) in [4.78, 5) is 11.2. The number of aryl methyl sites for hydroxylation is 2. The molecule has 4 heteroatoms. The van der Waals surface area contributed by atoms with Crippen LogP contribution in [0.15, 0.2) is 30.3 Å². The van der Waals surface area contributed by atoms with Gasteiger partial charge in [-0.3, -0.25) is 4.79 Å². The Morgan fingerprint density at radius 3 is 2.13 bits per heavy atom. The minimum absolute atomic E-state index is 0.0497. The third-order valence-electron chi connectivity index (χ3n) is 3.37. The Balaban J connectivity index is 2.56. The quantitative estimate of drug-likeness (QED) is 0.725. The normalized spacial score (nSPS) is 10.5. The second kappa shape index (κ2) is 7.18. The number of aldehydes is 1. The topological polar surface area (TPSA) is 44.8 Å². The van der Waals surface area contributed by atoms with Crippen LogP contribution in [0.25, 0.3) is 0 Å². The molecular formula is C19H22O4. The molecule has 0 aromatic heterocycles. The maximum absolute atomic E-state index is 11.2. The van der Waals surface area contributed by atoms with Crippen LogP contribution in [0.3, 0.4) is 0 Å². The van der Waals surface area contributed by atoms with Crippen molar-refractivity contribution in [1.29, 1.82) is 0 Å². The van der Waals surface area contributed by atoms with Gasteiger partial charge in [0.05, 0.1) is 13.2 Å². The van der Waals surface area contributed by atoms with E-state index in [1.807, 2.05) is 45.9 Å². The number of hydrogen-bond acceptors (Lipinski definition) is 4. The molecular weight excluding hydrogens is 292 g/mol. The van der Waals surface area contributed by atoms with Crippen molar-refractivity contribution >= 4 is 6.29 Å². The molecule has 0 bridgehead atoms. The summed E-state index contributed by atoms with van der Waals surface area (Å²) < 4.78 is 17.3. The molecule has 0 heterocycles. The molecule has 2 aromatic rings. The summed E-state index contributed by atoms with van der Waals surface area (Å²) in [7, 11) is 1.54. The molecule has 0 radical (unpaired) electrons. The van der Waals surface area contributed by atoms with E-state index in [1.54, 1.807) is 19.2 Å². The van der Waals surface area contributed by atoms with Crippen molar-refractivity contribution in [3.63, 3.8) is 0 Å². The third kappa shape index (κ3) is 3.83. The Hall–Kier alpha value is -2.49. The van der Waals surface area contributed by atoms with E-state index in [2.05, 4.69) is 0 Å². The monoisotopic (exact) mass is 314 g/mol. The van der Waals surface area contributed by atoms with Crippen LogP contribution in [0.1, 0.15) is 35.3 Å². The van der Waals surface area contributed by atoms with Crippen molar-refractivity contribution in [1.82, 2.24) is 0 Å². The summed E-state index contributed by atoms with van der Waals surface area (Å²) in [5, 5.41) is 0. The van der Waals surface area contributed by atoms with Crippen LogP contribution in [0, 0.1) is 13.8 Å².